The SMILES string of the molecule is Cc1nc(Oc2ccc(NC(=O)c3cc4ccccc4s3)cc2)cc(-n2cccc2)n1. The van der Waals surface area contributed by atoms with Gasteiger partial charge in [0, 0.05) is 28.8 Å². The van der Waals surface area contributed by atoms with Gasteiger partial charge in [-0.05, 0) is 60.8 Å². The molecule has 0 aliphatic rings. The Hall–Kier alpha value is -3.97. The van der Waals surface area contributed by atoms with Crippen LogP contribution in [-0.2, 0) is 0 Å². The van der Waals surface area contributed by atoms with E-state index in [1.54, 1.807) is 18.2 Å². The Morgan fingerprint density at radius 3 is 2.52 bits per heavy atom. The largest absolute Gasteiger partial charge is 0.439 e. The van der Waals surface area contributed by atoms with Crippen molar-refractivity contribution in [2.75, 3.05) is 5.32 Å². The van der Waals surface area contributed by atoms with Crippen LogP contribution in [0.3, 0.4) is 0 Å². The maximum Gasteiger partial charge on any atom is 0.265 e. The summed E-state index contributed by atoms with van der Waals surface area (Å²) in [5.41, 5.74) is 0.696. The number of carbonyl (C=O) groups excluding carboxylic acids is 1. The molecule has 5 aromatic rings. The van der Waals surface area contributed by atoms with Gasteiger partial charge in [0.1, 0.15) is 17.4 Å². The van der Waals surface area contributed by atoms with Gasteiger partial charge in [-0.2, -0.15) is 4.98 Å². The number of aryl methyl sites for hydroxylation is 1. The van der Waals surface area contributed by atoms with Crippen LogP contribution < -0.4 is 10.1 Å². The minimum Gasteiger partial charge on any atom is -0.439 e. The number of thiophene rings is 1. The normalized spacial score (nSPS) is 10.9. The quantitative estimate of drug-likeness (QED) is 0.384. The second kappa shape index (κ2) is 8.04. The van der Waals surface area contributed by atoms with E-state index in [0.717, 1.165) is 15.9 Å². The molecule has 2 aromatic carbocycles. The molecule has 0 aliphatic heterocycles. The highest BCUT2D eigenvalue weighted by atomic mass is 32.1. The lowest BCUT2D eigenvalue weighted by Crippen LogP contribution is -2.09. The molecule has 3 heterocycles. The van der Waals surface area contributed by atoms with Gasteiger partial charge in [0.15, 0.2) is 0 Å². The molecule has 5 rings (SSSR count). The molecule has 0 atom stereocenters. The van der Waals surface area contributed by atoms with Crippen molar-refractivity contribution in [1.82, 2.24) is 14.5 Å². The van der Waals surface area contributed by atoms with Crippen molar-refractivity contribution < 1.29 is 9.53 Å². The van der Waals surface area contributed by atoms with Crippen LogP contribution in [0.4, 0.5) is 5.69 Å². The van der Waals surface area contributed by atoms with Crippen molar-refractivity contribution in [3.05, 3.63) is 95.9 Å². The minimum absolute atomic E-state index is 0.127. The summed E-state index contributed by atoms with van der Waals surface area (Å²) in [7, 11) is 0. The van der Waals surface area contributed by atoms with Crippen LogP contribution in [0.1, 0.15) is 15.5 Å². The molecular formula is C24H18N4O2S. The molecule has 7 heteroatoms. The average Bonchev–Trinajstić information content (AvgIpc) is 3.45. The molecule has 31 heavy (non-hydrogen) atoms. The molecule has 1 amide bonds. The van der Waals surface area contributed by atoms with E-state index in [2.05, 4.69) is 15.3 Å². The first-order valence-corrected chi connectivity index (χ1v) is 10.5. The summed E-state index contributed by atoms with van der Waals surface area (Å²) in [6.45, 7) is 1.83. The summed E-state index contributed by atoms with van der Waals surface area (Å²) in [6, 6.07) is 22.7. The lowest BCUT2D eigenvalue weighted by molar-refractivity contribution is 0.103. The Bertz CT molecular complexity index is 1330. The van der Waals surface area contributed by atoms with E-state index in [4.69, 9.17) is 4.74 Å². The molecule has 0 saturated carbocycles. The fourth-order valence-corrected chi connectivity index (χ4v) is 4.17. The summed E-state index contributed by atoms with van der Waals surface area (Å²) < 4.78 is 8.90. The molecule has 0 spiro atoms. The topological polar surface area (TPSA) is 69.0 Å². The maximum atomic E-state index is 12.6. The van der Waals surface area contributed by atoms with E-state index in [-0.39, 0.29) is 5.91 Å². The van der Waals surface area contributed by atoms with Crippen molar-refractivity contribution in [3.8, 4) is 17.4 Å². The lowest BCUT2D eigenvalue weighted by Gasteiger charge is -2.09. The second-order valence-corrected chi connectivity index (χ2v) is 8.01. The molecular weight excluding hydrogens is 408 g/mol. The molecule has 0 bridgehead atoms. The van der Waals surface area contributed by atoms with E-state index in [1.165, 1.54) is 11.3 Å². The molecule has 0 unspecified atom stereocenters. The summed E-state index contributed by atoms with van der Waals surface area (Å²) in [6.07, 6.45) is 3.83. The zero-order chi connectivity index (χ0) is 21.2. The van der Waals surface area contributed by atoms with E-state index in [0.29, 0.717) is 28.0 Å². The van der Waals surface area contributed by atoms with Gasteiger partial charge in [0.05, 0.1) is 4.88 Å². The third-order valence-electron chi connectivity index (χ3n) is 4.65. The molecule has 0 fully saturated rings. The van der Waals surface area contributed by atoms with Crippen LogP contribution in [0, 0.1) is 6.92 Å². The molecule has 0 aliphatic carbocycles. The van der Waals surface area contributed by atoms with Gasteiger partial charge in [-0.3, -0.25) is 4.79 Å². The smallest absolute Gasteiger partial charge is 0.265 e. The first-order valence-electron chi connectivity index (χ1n) is 9.71. The molecule has 0 saturated heterocycles. The Labute approximate surface area is 182 Å². The maximum absolute atomic E-state index is 12.6. The van der Waals surface area contributed by atoms with E-state index < -0.39 is 0 Å². The summed E-state index contributed by atoms with van der Waals surface area (Å²) in [5.74, 6) is 2.31. The van der Waals surface area contributed by atoms with Crippen LogP contribution >= 0.6 is 11.3 Å². The molecule has 3 aromatic heterocycles. The monoisotopic (exact) mass is 426 g/mol. The van der Waals surface area contributed by atoms with Gasteiger partial charge in [-0.25, -0.2) is 4.98 Å². The molecule has 0 radical (unpaired) electrons. The second-order valence-electron chi connectivity index (χ2n) is 6.93. The number of benzene rings is 2. The van der Waals surface area contributed by atoms with Gasteiger partial charge in [0.2, 0.25) is 5.88 Å². The third kappa shape index (κ3) is 4.17. The van der Waals surface area contributed by atoms with Crippen molar-refractivity contribution in [1.29, 1.82) is 0 Å². The Morgan fingerprint density at radius 1 is 0.968 bits per heavy atom. The number of fused-ring (bicyclic) bond motifs is 1. The van der Waals surface area contributed by atoms with Gasteiger partial charge in [-0.1, -0.05) is 18.2 Å². The van der Waals surface area contributed by atoms with Gasteiger partial charge in [0.25, 0.3) is 5.91 Å². The van der Waals surface area contributed by atoms with E-state index >= 15 is 0 Å². The third-order valence-corrected chi connectivity index (χ3v) is 5.77. The first-order chi connectivity index (χ1) is 15.1. The Morgan fingerprint density at radius 2 is 1.74 bits per heavy atom. The number of ether oxygens (including phenoxy) is 1. The number of nitrogens with one attached hydrogen (secondary N) is 1. The highest BCUT2D eigenvalue weighted by Crippen LogP contribution is 2.27. The van der Waals surface area contributed by atoms with Gasteiger partial charge < -0.3 is 14.6 Å². The number of rotatable bonds is 5. The van der Waals surface area contributed by atoms with Gasteiger partial charge in [-0.15, -0.1) is 11.3 Å². The van der Waals surface area contributed by atoms with Crippen LogP contribution in [0.15, 0.2) is 85.2 Å². The summed E-state index contributed by atoms with van der Waals surface area (Å²) in [5, 5.41) is 4.00. The Kier molecular flexibility index (Phi) is 4.93. The van der Waals surface area contributed by atoms with Crippen molar-refractivity contribution in [3.63, 3.8) is 0 Å². The number of anilines is 1. The predicted octanol–water partition coefficient (Wildman–Crippen LogP) is 5.84. The zero-order valence-corrected chi connectivity index (χ0v) is 17.5. The minimum atomic E-state index is -0.127. The highest BCUT2D eigenvalue weighted by molar-refractivity contribution is 7.20. The summed E-state index contributed by atoms with van der Waals surface area (Å²) >= 11 is 1.48. The number of hydrogen-bond donors (Lipinski definition) is 1. The summed E-state index contributed by atoms with van der Waals surface area (Å²) in [4.78, 5) is 22.1. The van der Waals surface area contributed by atoms with Gasteiger partial charge >= 0.3 is 0 Å². The highest BCUT2D eigenvalue weighted by Gasteiger charge is 2.11. The van der Waals surface area contributed by atoms with Crippen LogP contribution in [0.5, 0.6) is 11.6 Å². The van der Waals surface area contributed by atoms with Crippen molar-refractivity contribution in [2.45, 2.75) is 6.92 Å². The van der Waals surface area contributed by atoms with Crippen molar-refractivity contribution in [2.24, 2.45) is 0 Å². The number of hydrogen-bond acceptors (Lipinski definition) is 5. The standard InChI is InChI=1S/C24H18N4O2S/c1-16-25-22(28-12-4-5-13-28)15-23(26-16)30-19-10-8-18(9-11-19)27-24(29)21-14-17-6-2-3-7-20(17)31-21/h2-15H,1H3,(H,27,29). The number of nitrogens with zero attached hydrogens (tertiary/aromatic N) is 3. The lowest BCUT2D eigenvalue weighted by atomic mass is 10.2. The fourth-order valence-electron chi connectivity index (χ4n) is 3.21. The predicted molar refractivity (Wildman–Crippen MR) is 122 cm³/mol. The molecule has 152 valence electrons. The Balaban J connectivity index is 1.29. The van der Waals surface area contributed by atoms with Crippen molar-refractivity contribution >= 4 is 33.0 Å². The van der Waals surface area contributed by atoms with Crippen LogP contribution in [-0.4, -0.2) is 20.4 Å². The molecule has 1 N–H and O–H groups in total. The number of carbonyl (C=O) groups is 1. The van der Waals surface area contributed by atoms with E-state index in [1.807, 2.05) is 78.5 Å². The first kappa shape index (κ1) is 19.0. The number of amides is 1. The average molecular weight is 427 g/mol. The number of aromatic nitrogens is 3. The van der Waals surface area contributed by atoms with Crippen LogP contribution in [0.2, 0.25) is 0 Å². The fraction of sp³-hybridized carbons (Fsp3) is 0.0417. The molecule has 6 nitrogen and oxygen atoms in total. The van der Waals surface area contributed by atoms with Crippen LogP contribution in [0.25, 0.3) is 15.9 Å². The van der Waals surface area contributed by atoms with E-state index in [9.17, 15) is 4.79 Å². The zero-order valence-electron chi connectivity index (χ0n) is 16.6.